The molecule has 0 spiro atoms. The SMILES string of the molecule is COc1ccccc1C(=O)N(CC1CCCO1)c1nc2c(C)cc(Cl)cc2s1. The first-order valence-corrected chi connectivity index (χ1v) is 10.4. The minimum Gasteiger partial charge on any atom is -0.496 e. The molecule has 0 aliphatic carbocycles. The van der Waals surface area contributed by atoms with Crippen molar-refractivity contribution in [2.45, 2.75) is 25.9 Å². The average molecular weight is 417 g/mol. The maximum absolute atomic E-state index is 13.5. The molecule has 1 saturated heterocycles. The number of thiazole rings is 1. The van der Waals surface area contributed by atoms with E-state index in [1.165, 1.54) is 11.3 Å². The highest BCUT2D eigenvalue weighted by Gasteiger charge is 2.28. The number of carbonyl (C=O) groups excluding carboxylic acids is 1. The quantitative estimate of drug-likeness (QED) is 0.581. The summed E-state index contributed by atoms with van der Waals surface area (Å²) in [7, 11) is 1.57. The van der Waals surface area contributed by atoms with E-state index in [0.717, 1.165) is 35.2 Å². The molecule has 2 aromatic carbocycles. The van der Waals surface area contributed by atoms with Crippen LogP contribution >= 0.6 is 22.9 Å². The summed E-state index contributed by atoms with van der Waals surface area (Å²) >= 11 is 7.68. The molecule has 146 valence electrons. The van der Waals surface area contributed by atoms with Crippen molar-refractivity contribution in [1.82, 2.24) is 4.98 Å². The minimum atomic E-state index is -0.143. The van der Waals surface area contributed by atoms with Crippen LogP contribution in [0.3, 0.4) is 0 Å². The zero-order valence-electron chi connectivity index (χ0n) is 15.8. The van der Waals surface area contributed by atoms with Gasteiger partial charge in [-0.15, -0.1) is 0 Å². The molecule has 1 aromatic heterocycles. The van der Waals surface area contributed by atoms with Gasteiger partial charge in [-0.2, -0.15) is 0 Å². The minimum absolute atomic E-state index is 0.00959. The molecule has 7 heteroatoms. The number of para-hydroxylation sites is 1. The number of aromatic nitrogens is 1. The third-order valence-electron chi connectivity index (χ3n) is 4.86. The Morgan fingerprint density at radius 1 is 1.39 bits per heavy atom. The lowest BCUT2D eigenvalue weighted by molar-refractivity contribution is 0.0915. The summed E-state index contributed by atoms with van der Waals surface area (Å²) in [6.45, 7) is 3.17. The maximum Gasteiger partial charge on any atom is 0.263 e. The van der Waals surface area contributed by atoms with Gasteiger partial charge in [-0.3, -0.25) is 9.69 Å². The molecule has 28 heavy (non-hydrogen) atoms. The van der Waals surface area contributed by atoms with Gasteiger partial charge in [0.05, 0.1) is 35.5 Å². The van der Waals surface area contributed by atoms with Gasteiger partial charge in [0.15, 0.2) is 5.13 Å². The van der Waals surface area contributed by atoms with Crippen LogP contribution in [0.25, 0.3) is 10.2 Å². The Hall–Kier alpha value is -2.15. The molecule has 1 aliphatic heterocycles. The fourth-order valence-corrected chi connectivity index (χ4v) is 4.89. The van der Waals surface area contributed by atoms with E-state index in [-0.39, 0.29) is 12.0 Å². The molecule has 0 saturated carbocycles. The maximum atomic E-state index is 13.5. The number of anilines is 1. The first-order chi connectivity index (χ1) is 13.6. The number of fused-ring (bicyclic) bond motifs is 1. The van der Waals surface area contributed by atoms with E-state index in [4.69, 9.17) is 26.1 Å². The van der Waals surface area contributed by atoms with Gasteiger partial charge in [-0.25, -0.2) is 4.98 Å². The van der Waals surface area contributed by atoms with Crippen molar-refractivity contribution in [1.29, 1.82) is 0 Å². The van der Waals surface area contributed by atoms with E-state index in [9.17, 15) is 4.79 Å². The fourth-order valence-electron chi connectivity index (χ4n) is 3.46. The summed E-state index contributed by atoms with van der Waals surface area (Å²) in [5.74, 6) is 0.404. The second-order valence-corrected chi connectivity index (χ2v) is 8.26. The van der Waals surface area contributed by atoms with Crippen LogP contribution in [0.4, 0.5) is 5.13 Å². The van der Waals surface area contributed by atoms with Crippen LogP contribution in [-0.2, 0) is 4.74 Å². The monoisotopic (exact) mass is 416 g/mol. The topological polar surface area (TPSA) is 51.7 Å². The molecule has 1 aliphatic rings. The number of carbonyl (C=O) groups is 1. The predicted molar refractivity (Wildman–Crippen MR) is 113 cm³/mol. The number of benzene rings is 2. The number of ether oxygens (including phenoxy) is 2. The second kappa shape index (κ2) is 8.07. The Bertz CT molecular complexity index is 1010. The van der Waals surface area contributed by atoms with Gasteiger partial charge in [0.1, 0.15) is 5.75 Å². The van der Waals surface area contributed by atoms with Crippen molar-refractivity contribution in [3.8, 4) is 5.75 Å². The molecule has 4 rings (SSSR count). The van der Waals surface area contributed by atoms with E-state index in [2.05, 4.69) is 0 Å². The third-order valence-corrected chi connectivity index (χ3v) is 6.11. The van der Waals surface area contributed by atoms with E-state index in [0.29, 0.717) is 28.0 Å². The Labute approximate surface area is 172 Å². The largest absolute Gasteiger partial charge is 0.496 e. The average Bonchev–Trinajstić information content (AvgIpc) is 3.35. The highest BCUT2D eigenvalue weighted by Crippen LogP contribution is 2.35. The van der Waals surface area contributed by atoms with Gasteiger partial charge in [-0.1, -0.05) is 35.1 Å². The summed E-state index contributed by atoms with van der Waals surface area (Å²) in [6, 6.07) is 11.0. The molecular weight excluding hydrogens is 396 g/mol. The van der Waals surface area contributed by atoms with E-state index >= 15 is 0 Å². The molecule has 2 heterocycles. The summed E-state index contributed by atoms with van der Waals surface area (Å²) in [6.07, 6.45) is 1.96. The van der Waals surface area contributed by atoms with Crippen LogP contribution < -0.4 is 9.64 Å². The third kappa shape index (κ3) is 3.72. The molecular formula is C21H21ClN2O3S. The number of hydrogen-bond donors (Lipinski definition) is 0. The highest BCUT2D eigenvalue weighted by molar-refractivity contribution is 7.22. The standard InChI is InChI=1S/C21H21ClN2O3S/c1-13-10-14(22)11-18-19(13)23-21(28-18)24(12-15-6-5-9-27-15)20(25)16-7-3-4-8-17(16)26-2/h3-4,7-8,10-11,15H,5-6,9,12H2,1-2H3. The highest BCUT2D eigenvalue weighted by atomic mass is 35.5. The number of nitrogens with zero attached hydrogens (tertiary/aromatic N) is 2. The summed E-state index contributed by atoms with van der Waals surface area (Å²) in [4.78, 5) is 20.0. The number of halogens is 1. The van der Waals surface area contributed by atoms with Crippen molar-refractivity contribution in [3.05, 3.63) is 52.5 Å². The molecule has 5 nitrogen and oxygen atoms in total. The zero-order valence-corrected chi connectivity index (χ0v) is 17.3. The van der Waals surface area contributed by atoms with Crippen molar-refractivity contribution in [2.75, 3.05) is 25.2 Å². The molecule has 3 aromatic rings. The Kier molecular flexibility index (Phi) is 5.53. The van der Waals surface area contributed by atoms with E-state index < -0.39 is 0 Å². The Morgan fingerprint density at radius 3 is 2.96 bits per heavy atom. The lowest BCUT2D eigenvalue weighted by Gasteiger charge is -2.23. The molecule has 1 amide bonds. The van der Waals surface area contributed by atoms with Crippen LogP contribution in [0.1, 0.15) is 28.8 Å². The molecule has 1 atom stereocenters. The number of aryl methyl sites for hydroxylation is 1. The molecule has 0 radical (unpaired) electrons. The van der Waals surface area contributed by atoms with Gasteiger partial charge in [0.25, 0.3) is 5.91 Å². The van der Waals surface area contributed by atoms with Gasteiger partial charge in [-0.05, 0) is 49.6 Å². The molecule has 0 N–H and O–H groups in total. The van der Waals surface area contributed by atoms with Crippen molar-refractivity contribution >= 4 is 44.2 Å². The number of hydrogen-bond acceptors (Lipinski definition) is 5. The smallest absolute Gasteiger partial charge is 0.263 e. The number of methoxy groups -OCH3 is 1. The molecule has 1 fully saturated rings. The van der Waals surface area contributed by atoms with Crippen molar-refractivity contribution < 1.29 is 14.3 Å². The summed E-state index contributed by atoms with van der Waals surface area (Å²) < 4.78 is 12.2. The number of rotatable bonds is 5. The lowest BCUT2D eigenvalue weighted by Crippen LogP contribution is -2.37. The molecule has 0 bridgehead atoms. The summed E-state index contributed by atoms with van der Waals surface area (Å²) in [5.41, 5.74) is 2.37. The van der Waals surface area contributed by atoms with Crippen molar-refractivity contribution in [3.63, 3.8) is 0 Å². The van der Waals surface area contributed by atoms with E-state index in [1.54, 1.807) is 24.1 Å². The van der Waals surface area contributed by atoms with Crippen LogP contribution in [-0.4, -0.2) is 37.3 Å². The van der Waals surface area contributed by atoms with Gasteiger partial charge in [0.2, 0.25) is 0 Å². The van der Waals surface area contributed by atoms with E-state index in [1.807, 2.05) is 31.2 Å². The first kappa shape index (κ1) is 19.2. The van der Waals surface area contributed by atoms with Crippen molar-refractivity contribution in [2.24, 2.45) is 0 Å². The number of amides is 1. The zero-order chi connectivity index (χ0) is 19.7. The Balaban J connectivity index is 1.77. The van der Waals surface area contributed by atoms with Crippen LogP contribution in [0.15, 0.2) is 36.4 Å². The predicted octanol–water partition coefficient (Wildman–Crippen LogP) is 5.09. The second-order valence-electron chi connectivity index (χ2n) is 6.82. The summed E-state index contributed by atoms with van der Waals surface area (Å²) in [5, 5.41) is 1.31. The fraction of sp³-hybridized carbons (Fsp3) is 0.333. The Morgan fingerprint density at radius 2 is 2.21 bits per heavy atom. The van der Waals surface area contributed by atoms with Gasteiger partial charge in [0, 0.05) is 11.6 Å². The van der Waals surface area contributed by atoms with Crippen LogP contribution in [0.5, 0.6) is 5.75 Å². The lowest BCUT2D eigenvalue weighted by atomic mass is 10.1. The molecule has 1 unspecified atom stereocenters. The normalized spacial score (nSPS) is 16.5. The van der Waals surface area contributed by atoms with Crippen LogP contribution in [0.2, 0.25) is 5.02 Å². The van der Waals surface area contributed by atoms with Crippen LogP contribution in [0, 0.1) is 6.92 Å². The van der Waals surface area contributed by atoms with Gasteiger partial charge < -0.3 is 9.47 Å². The first-order valence-electron chi connectivity index (χ1n) is 9.20. The van der Waals surface area contributed by atoms with Gasteiger partial charge >= 0.3 is 0 Å².